The van der Waals surface area contributed by atoms with Crippen molar-refractivity contribution in [1.82, 2.24) is 10.3 Å². The monoisotopic (exact) mass is 316 g/mol. The minimum Gasteiger partial charge on any atom is -0.317 e. The van der Waals surface area contributed by atoms with Gasteiger partial charge < -0.3 is 5.32 Å². The Morgan fingerprint density at radius 3 is 2.68 bits per heavy atom. The van der Waals surface area contributed by atoms with Gasteiger partial charge in [0.2, 0.25) is 0 Å². The van der Waals surface area contributed by atoms with Gasteiger partial charge in [0.1, 0.15) is 11.4 Å². The molecule has 0 aliphatic carbocycles. The second-order valence-corrected chi connectivity index (χ2v) is 4.76. The Labute approximate surface area is 131 Å². The number of benzene rings is 1. The van der Waals surface area contributed by atoms with Crippen LogP contribution >= 0.6 is 12.2 Å². The summed E-state index contributed by atoms with van der Waals surface area (Å²) in [5.41, 5.74) is 0.510. The first-order valence-electron chi connectivity index (χ1n) is 6.26. The fourth-order valence-corrected chi connectivity index (χ4v) is 1.94. The fraction of sp³-hybridized carbons (Fsp3) is 0.0714. The van der Waals surface area contributed by atoms with E-state index < -0.39 is 10.8 Å². The van der Waals surface area contributed by atoms with E-state index in [1.807, 2.05) is 13.0 Å². The lowest BCUT2D eigenvalue weighted by atomic mass is 10.1. The lowest BCUT2D eigenvalue weighted by Gasteiger charge is -2.10. The largest absolute Gasteiger partial charge is 0.317 e. The maximum atomic E-state index is 12.1. The van der Waals surface area contributed by atoms with Gasteiger partial charge in [-0.15, -0.1) is 0 Å². The minimum absolute atomic E-state index is 0.0185. The molecule has 1 aromatic heterocycles. The van der Waals surface area contributed by atoms with Gasteiger partial charge in [-0.05, 0) is 36.8 Å². The highest BCUT2D eigenvalue weighted by Gasteiger charge is 2.20. The van der Waals surface area contributed by atoms with Crippen molar-refractivity contribution in [2.75, 3.05) is 5.32 Å². The minimum atomic E-state index is -0.654. The first-order valence-corrected chi connectivity index (χ1v) is 6.67. The Balaban J connectivity index is 2.11. The Kier molecular flexibility index (Phi) is 4.74. The number of hydrogen-bond acceptors (Lipinski definition) is 5. The second-order valence-electron chi connectivity index (χ2n) is 4.35. The van der Waals surface area contributed by atoms with Crippen molar-refractivity contribution in [3.05, 3.63) is 63.8 Å². The first kappa shape index (κ1) is 15.5. The van der Waals surface area contributed by atoms with Crippen LogP contribution in [-0.4, -0.2) is 20.9 Å². The summed E-state index contributed by atoms with van der Waals surface area (Å²) in [6, 6.07) is 9.26. The Bertz CT molecular complexity index is 748. The lowest BCUT2D eigenvalue weighted by Crippen LogP contribution is -2.34. The molecule has 0 saturated heterocycles. The van der Waals surface area contributed by atoms with Gasteiger partial charge in [-0.1, -0.05) is 18.2 Å². The van der Waals surface area contributed by atoms with Gasteiger partial charge in [0, 0.05) is 12.3 Å². The van der Waals surface area contributed by atoms with Gasteiger partial charge >= 0.3 is 0 Å². The second kappa shape index (κ2) is 6.72. The van der Waals surface area contributed by atoms with E-state index in [0.717, 1.165) is 5.56 Å². The molecule has 0 radical (unpaired) electrons. The summed E-state index contributed by atoms with van der Waals surface area (Å²) in [6.07, 6.45) is 1.59. The zero-order chi connectivity index (χ0) is 16.1. The number of carbonyl (C=O) groups excluding carboxylic acids is 1. The van der Waals surface area contributed by atoms with Crippen LogP contribution in [-0.2, 0) is 0 Å². The van der Waals surface area contributed by atoms with E-state index >= 15 is 0 Å². The highest BCUT2D eigenvalue weighted by atomic mass is 32.1. The third-order valence-electron chi connectivity index (χ3n) is 2.81. The van der Waals surface area contributed by atoms with E-state index in [9.17, 15) is 14.9 Å². The third kappa shape index (κ3) is 3.61. The number of carbonyl (C=O) groups is 1. The molecule has 1 heterocycles. The molecule has 2 rings (SSSR count). The third-order valence-corrected chi connectivity index (χ3v) is 3.02. The number of anilines is 1. The Morgan fingerprint density at radius 2 is 2.00 bits per heavy atom. The summed E-state index contributed by atoms with van der Waals surface area (Å²) in [7, 11) is 0. The smallest absolute Gasteiger partial charge is 0.282 e. The summed E-state index contributed by atoms with van der Waals surface area (Å²) in [4.78, 5) is 26.5. The zero-order valence-corrected chi connectivity index (χ0v) is 12.4. The van der Waals surface area contributed by atoms with Gasteiger partial charge in [-0.25, -0.2) is 4.98 Å². The number of para-hydroxylation sites is 1. The standard InChI is InChI=1S/C14H12N4O3S/c1-9-5-4-8-15-12(9)16-14(22)17-13(19)10-6-2-3-7-11(10)18(20)21/h2-8H,1H3,(H2,15,16,17,19,22). The van der Waals surface area contributed by atoms with Crippen LogP contribution in [0.4, 0.5) is 11.5 Å². The van der Waals surface area contributed by atoms with E-state index in [-0.39, 0.29) is 16.4 Å². The highest BCUT2D eigenvalue weighted by molar-refractivity contribution is 7.80. The van der Waals surface area contributed by atoms with Gasteiger partial charge in [-0.3, -0.25) is 20.2 Å². The topological polar surface area (TPSA) is 97.2 Å². The Morgan fingerprint density at radius 1 is 1.27 bits per heavy atom. The number of aromatic nitrogens is 1. The van der Waals surface area contributed by atoms with Crippen LogP contribution in [0.15, 0.2) is 42.6 Å². The average molecular weight is 316 g/mol. The number of amides is 1. The molecule has 2 aromatic rings. The van der Waals surface area contributed by atoms with Crippen LogP contribution in [0.3, 0.4) is 0 Å². The van der Waals surface area contributed by atoms with Crippen molar-refractivity contribution in [3.63, 3.8) is 0 Å². The van der Waals surface area contributed by atoms with Crippen LogP contribution in [0.5, 0.6) is 0 Å². The van der Waals surface area contributed by atoms with Crippen molar-refractivity contribution in [2.24, 2.45) is 0 Å². The van der Waals surface area contributed by atoms with Gasteiger partial charge in [0.25, 0.3) is 11.6 Å². The molecule has 8 heteroatoms. The van der Waals surface area contributed by atoms with Crippen LogP contribution < -0.4 is 10.6 Å². The van der Waals surface area contributed by atoms with Crippen molar-refractivity contribution >= 4 is 34.7 Å². The van der Waals surface area contributed by atoms with Gasteiger partial charge in [0.15, 0.2) is 5.11 Å². The Hall–Kier alpha value is -2.87. The molecule has 1 amide bonds. The number of pyridine rings is 1. The molecule has 1 aromatic carbocycles. The molecule has 0 fully saturated rings. The van der Waals surface area contributed by atoms with Crippen LogP contribution in [0, 0.1) is 17.0 Å². The maximum Gasteiger partial charge on any atom is 0.282 e. The molecule has 0 aliphatic heterocycles. The van der Waals surface area contributed by atoms with E-state index in [1.54, 1.807) is 18.3 Å². The van der Waals surface area contributed by atoms with E-state index in [1.165, 1.54) is 18.2 Å². The molecule has 0 aliphatic rings. The van der Waals surface area contributed by atoms with Crippen molar-refractivity contribution < 1.29 is 9.72 Å². The van der Waals surface area contributed by atoms with Crippen LogP contribution in [0.2, 0.25) is 0 Å². The number of rotatable bonds is 3. The molecule has 112 valence electrons. The quantitative estimate of drug-likeness (QED) is 0.513. The average Bonchev–Trinajstić information content (AvgIpc) is 2.49. The maximum absolute atomic E-state index is 12.1. The molecule has 0 saturated carbocycles. The number of hydrogen-bond donors (Lipinski definition) is 2. The number of aryl methyl sites for hydroxylation is 1. The van der Waals surface area contributed by atoms with Crippen LogP contribution in [0.1, 0.15) is 15.9 Å². The predicted molar refractivity (Wildman–Crippen MR) is 85.8 cm³/mol. The molecule has 0 atom stereocenters. The molecular weight excluding hydrogens is 304 g/mol. The van der Waals surface area contributed by atoms with E-state index in [0.29, 0.717) is 5.82 Å². The van der Waals surface area contributed by atoms with Gasteiger partial charge in [-0.2, -0.15) is 0 Å². The van der Waals surface area contributed by atoms with Crippen molar-refractivity contribution in [2.45, 2.75) is 6.92 Å². The molecular formula is C14H12N4O3S. The summed E-state index contributed by atoms with van der Waals surface area (Å²) >= 11 is 5.03. The SMILES string of the molecule is Cc1cccnc1NC(=S)NC(=O)c1ccccc1[N+](=O)[O-]. The molecule has 0 bridgehead atoms. The normalized spacial score (nSPS) is 9.86. The predicted octanol–water partition coefficient (Wildman–Crippen LogP) is 2.43. The van der Waals surface area contributed by atoms with Crippen molar-refractivity contribution in [3.8, 4) is 0 Å². The number of nitrogens with zero attached hydrogens (tertiary/aromatic N) is 2. The summed E-state index contributed by atoms with van der Waals surface area (Å²) in [5.74, 6) is -0.145. The van der Waals surface area contributed by atoms with E-state index in [2.05, 4.69) is 15.6 Å². The molecule has 2 N–H and O–H groups in total. The van der Waals surface area contributed by atoms with Crippen LogP contribution in [0.25, 0.3) is 0 Å². The number of nitro groups is 1. The fourth-order valence-electron chi connectivity index (χ4n) is 1.75. The first-order chi connectivity index (χ1) is 10.5. The highest BCUT2D eigenvalue weighted by Crippen LogP contribution is 2.17. The molecule has 0 spiro atoms. The summed E-state index contributed by atoms with van der Waals surface area (Å²) in [5, 5.41) is 16.1. The molecule has 22 heavy (non-hydrogen) atoms. The van der Waals surface area contributed by atoms with Gasteiger partial charge in [0.05, 0.1) is 4.92 Å². The summed E-state index contributed by atoms with van der Waals surface area (Å²) in [6.45, 7) is 1.84. The molecule has 7 nitrogen and oxygen atoms in total. The van der Waals surface area contributed by atoms with Crippen molar-refractivity contribution in [1.29, 1.82) is 0 Å². The number of thiocarbonyl (C=S) groups is 1. The molecule has 0 unspecified atom stereocenters. The zero-order valence-electron chi connectivity index (χ0n) is 11.6. The lowest BCUT2D eigenvalue weighted by molar-refractivity contribution is -0.385. The summed E-state index contributed by atoms with van der Waals surface area (Å²) < 4.78 is 0. The number of nitrogens with one attached hydrogen (secondary N) is 2. The van der Waals surface area contributed by atoms with E-state index in [4.69, 9.17) is 12.2 Å². The number of nitro benzene ring substituents is 1.